The number of aliphatic imine (C=N–C) groups is 1. The summed E-state index contributed by atoms with van der Waals surface area (Å²) in [5.41, 5.74) is 1.85. The molecule has 1 aromatic rings. The summed E-state index contributed by atoms with van der Waals surface area (Å²) in [6.45, 7) is 7.85. The molecule has 0 spiro atoms. The lowest BCUT2D eigenvalue weighted by Crippen LogP contribution is -2.21. The molecule has 152 valence electrons. The van der Waals surface area contributed by atoms with Gasteiger partial charge in [0.15, 0.2) is 0 Å². The lowest BCUT2D eigenvalue weighted by Gasteiger charge is -2.21. The topological polar surface area (TPSA) is 70.0 Å². The highest BCUT2D eigenvalue weighted by Crippen LogP contribution is 2.34. The lowest BCUT2D eigenvalue weighted by atomic mass is 10.0. The zero-order valence-electron chi connectivity index (χ0n) is 16.8. The molecule has 1 aromatic heterocycles. The van der Waals surface area contributed by atoms with Crippen LogP contribution in [-0.4, -0.2) is 49.2 Å². The fraction of sp³-hybridized carbons (Fsp3) is 0.450. The Bertz CT molecular complexity index is 798. The molecule has 0 saturated carbocycles. The van der Waals surface area contributed by atoms with Gasteiger partial charge in [-0.25, -0.2) is 9.78 Å². The summed E-state index contributed by atoms with van der Waals surface area (Å²) < 4.78 is 15.6. The van der Waals surface area contributed by atoms with Gasteiger partial charge in [-0.1, -0.05) is 19.6 Å². The predicted molar refractivity (Wildman–Crippen MR) is 116 cm³/mol. The summed E-state index contributed by atoms with van der Waals surface area (Å²) in [4.78, 5) is 20.9. The molecule has 0 aromatic carbocycles. The van der Waals surface area contributed by atoms with E-state index in [9.17, 15) is 4.79 Å². The Morgan fingerprint density at radius 2 is 2.11 bits per heavy atom. The molecule has 0 amide bonds. The van der Waals surface area contributed by atoms with Crippen LogP contribution in [0.2, 0.25) is 0 Å². The van der Waals surface area contributed by atoms with Gasteiger partial charge in [0.25, 0.3) is 0 Å². The minimum atomic E-state index is -0.462. The van der Waals surface area contributed by atoms with Gasteiger partial charge in [-0.05, 0) is 18.6 Å². The Labute approximate surface area is 174 Å². The van der Waals surface area contributed by atoms with Crippen LogP contribution in [0.1, 0.15) is 30.6 Å². The van der Waals surface area contributed by atoms with Crippen molar-refractivity contribution in [3.8, 4) is 0 Å². The first-order valence-electron chi connectivity index (χ1n) is 8.76. The first-order chi connectivity index (χ1) is 13.4. The van der Waals surface area contributed by atoms with E-state index < -0.39 is 5.97 Å². The molecule has 0 radical (unpaired) electrons. The van der Waals surface area contributed by atoms with Gasteiger partial charge in [-0.2, -0.15) is 0 Å². The fourth-order valence-corrected chi connectivity index (χ4v) is 4.55. The molecule has 0 saturated heterocycles. The second-order valence-corrected chi connectivity index (χ2v) is 8.17. The molecule has 0 unspecified atom stereocenters. The first kappa shape index (κ1) is 22.4. The van der Waals surface area contributed by atoms with E-state index in [0.29, 0.717) is 5.76 Å². The zero-order chi connectivity index (χ0) is 20.7. The molecule has 1 aliphatic rings. The monoisotopic (exact) mass is 422 g/mol. The summed E-state index contributed by atoms with van der Waals surface area (Å²) >= 11 is 3.32. The third-order valence-corrected chi connectivity index (χ3v) is 6.38. The third kappa shape index (κ3) is 5.80. The second-order valence-electron chi connectivity index (χ2n) is 6.27. The maximum Gasteiger partial charge on any atom is 0.333 e. The van der Waals surface area contributed by atoms with Gasteiger partial charge in [-0.15, -0.1) is 23.1 Å². The van der Waals surface area contributed by atoms with Gasteiger partial charge >= 0.3 is 5.97 Å². The summed E-state index contributed by atoms with van der Waals surface area (Å²) in [7, 11) is 4.47. The molecule has 2 heterocycles. The molecule has 0 aliphatic carbocycles. The number of hydrogen-bond donors (Lipinski definition) is 0. The predicted octanol–water partition coefficient (Wildman–Crippen LogP) is 4.27. The molecule has 0 fully saturated rings. The largest absolute Gasteiger partial charge is 0.500 e. The Balaban J connectivity index is 2.09. The van der Waals surface area contributed by atoms with E-state index in [4.69, 9.17) is 14.5 Å². The molecular formula is C20H26N2O4S2. The van der Waals surface area contributed by atoms with Crippen molar-refractivity contribution in [2.45, 2.75) is 26.0 Å². The van der Waals surface area contributed by atoms with Crippen molar-refractivity contribution in [2.75, 3.05) is 27.1 Å². The number of thioether (sulfide) groups is 1. The molecule has 0 N–H and O–H groups in total. The quantitative estimate of drug-likeness (QED) is 0.336. The fourth-order valence-electron chi connectivity index (χ4n) is 2.62. The van der Waals surface area contributed by atoms with Gasteiger partial charge in [0, 0.05) is 24.2 Å². The van der Waals surface area contributed by atoms with Crippen LogP contribution in [0.5, 0.6) is 0 Å². The number of rotatable bonds is 9. The van der Waals surface area contributed by atoms with Gasteiger partial charge < -0.3 is 14.2 Å². The minimum Gasteiger partial charge on any atom is -0.500 e. The van der Waals surface area contributed by atoms with E-state index in [-0.39, 0.29) is 18.1 Å². The molecule has 28 heavy (non-hydrogen) atoms. The average Bonchev–Trinajstić information content (AvgIpc) is 3.35. The van der Waals surface area contributed by atoms with Crippen LogP contribution in [0.4, 0.5) is 0 Å². The van der Waals surface area contributed by atoms with Crippen molar-refractivity contribution in [2.24, 2.45) is 10.9 Å². The SMILES string of the molecule is C=C(C)C1=N[C@H](c2nc(C=C[C@H](OC)[C@@H](C)C(=CC(=O)OC)OC)cs2)CS1. The Hall–Kier alpha value is -1.90. The van der Waals surface area contributed by atoms with Crippen molar-refractivity contribution >= 4 is 40.2 Å². The van der Waals surface area contributed by atoms with Crippen molar-refractivity contribution in [3.63, 3.8) is 0 Å². The number of carbonyl (C=O) groups is 1. The number of methoxy groups -OCH3 is 3. The van der Waals surface area contributed by atoms with Crippen molar-refractivity contribution in [1.29, 1.82) is 0 Å². The Morgan fingerprint density at radius 1 is 1.36 bits per heavy atom. The Morgan fingerprint density at radius 3 is 2.68 bits per heavy atom. The third-order valence-electron chi connectivity index (χ3n) is 4.21. The number of ether oxygens (including phenoxy) is 3. The molecule has 0 bridgehead atoms. The Kier molecular flexibility index (Phi) is 8.47. The highest BCUT2D eigenvalue weighted by Gasteiger charge is 2.23. The van der Waals surface area contributed by atoms with Gasteiger partial charge in [0.2, 0.25) is 0 Å². The van der Waals surface area contributed by atoms with E-state index in [0.717, 1.165) is 27.1 Å². The van der Waals surface area contributed by atoms with Crippen LogP contribution < -0.4 is 0 Å². The number of hydrogen-bond acceptors (Lipinski definition) is 8. The van der Waals surface area contributed by atoms with Crippen LogP contribution >= 0.6 is 23.1 Å². The average molecular weight is 423 g/mol. The van der Waals surface area contributed by atoms with Crippen LogP contribution in [-0.2, 0) is 19.0 Å². The maximum atomic E-state index is 11.5. The van der Waals surface area contributed by atoms with E-state index >= 15 is 0 Å². The summed E-state index contributed by atoms with van der Waals surface area (Å²) in [6.07, 6.45) is 4.89. The van der Waals surface area contributed by atoms with Crippen LogP contribution in [0.3, 0.4) is 0 Å². The van der Waals surface area contributed by atoms with E-state index in [1.165, 1.54) is 20.3 Å². The van der Waals surface area contributed by atoms with Gasteiger partial charge in [-0.3, -0.25) is 4.99 Å². The van der Waals surface area contributed by atoms with Crippen LogP contribution in [0, 0.1) is 5.92 Å². The number of nitrogens with zero attached hydrogens (tertiary/aromatic N) is 2. The molecule has 2 rings (SSSR count). The molecule has 8 heteroatoms. The van der Waals surface area contributed by atoms with E-state index in [1.54, 1.807) is 30.2 Å². The molecule has 6 nitrogen and oxygen atoms in total. The summed E-state index contributed by atoms with van der Waals surface area (Å²) in [5, 5.41) is 4.01. The van der Waals surface area contributed by atoms with E-state index in [2.05, 4.69) is 16.3 Å². The normalized spacial score (nSPS) is 19.4. The first-order valence-corrected chi connectivity index (χ1v) is 10.6. The van der Waals surface area contributed by atoms with Gasteiger partial charge in [0.05, 0.1) is 37.1 Å². The van der Waals surface area contributed by atoms with Gasteiger partial charge in [0.1, 0.15) is 16.8 Å². The minimum absolute atomic E-state index is 0.0871. The van der Waals surface area contributed by atoms with Crippen LogP contribution in [0.15, 0.2) is 40.4 Å². The zero-order valence-corrected chi connectivity index (χ0v) is 18.4. The smallest absolute Gasteiger partial charge is 0.333 e. The molecule has 1 aliphatic heterocycles. The maximum absolute atomic E-state index is 11.5. The van der Waals surface area contributed by atoms with Crippen LogP contribution in [0.25, 0.3) is 6.08 Å². The second kappa shape index (κ2) is 10.6. The van der Waals surface area contributed by atoms with Crippen molar-refractivity contribution in [1.82, 2.24) is 4.98 Å². The molecule has 3 atom stereocenters. The highest BCUT2D eigenvalue weighted by molar-refractivity contribution is 8.14. The molecular weight excluding hydrogens is 396 g/mol. The highest BCUT2D eigenvalue weighted by atomic mass is 32.2. The van der Waals surface area contributed by atoms with Crippen molar-refractivity contribution in [3.05, 3.63) is 46.1 Å². The summed E-state index contributed by atoms with van der Waals surface area (Å²) in [6, 6.07) is 0.0871. The van der Waals surface area contributed by atoms with Crippen molar-refractivity contribution < 1.29 is 19.0 Å². The lowest BCUT2D eigenvalue weighted by molar-refractivity contribution is -0.135. The number of thiazole rings is 1. The number of aromatic nitrogens is 1. The summed E-state index contributed by atoms with van der Waals surface area (Å²) in [5.74, 6) is 0.756. The van der Waals surface area contributed by atoms with E-state index in [1.807, 2.05) is 31.4 Å². The number of carbonyl (C=O) groups excluding carboxylic acids is 1. The number of esters is 1. The standard InChI is InChI=1S/C20H26N2O4S2/c1-12(2)19-22-15(11-28-19)20-21-14(10-27-20)7-8-16(24-4)13(3)17(25-5)9-18(23)26-6/h7-10,13,15-16H,1,11H2,2-6H3/t13-,15+,16+/m1/s1.